The molecule has 0 saturated heterocycles. The molecule has 2 aromatic rings. The summed E-state index contributed by atoms with van der Waals surface area (Å²) in [6.07, 6.45) is 3.02. The smallest absolute Gasteiger partial charge is 0.343 e. The number of thiophene rings is 1. The first-order valence-corrected chi connectivity index (χ1v) is 8.03. The van der Waals surface area contributed by atoms with Crippen LogP contribution in [0.1, 0.15) is 30.0 Å². The third-order valence-corrected chi connectivity index (χ3v) is 4.76. The average Bonchev–Trinajstić information content (AvgIpc) is 3.05. The number of aryl methyl sites for hydroxylation is 1. The lowest BCUT2D eigenvalue weighted by Gasteiger charge is -2.13. The summed E-state index contributed by atoms with van der Waals surface area (Å²) in [6, 6.07) is 4.00. The summed E-state index contributed by atoms with van der Waals surface area (Å²) in [5.41, 5.74) is -0.146. The second-order valence-electron chi connectivity index (χ2n) is 5.35. The molecule has 1 aliphatic rings. The summed E-state index contributed by atoms with van der Waals surface area (Å²) >= 11 is 1.64. The molecule has 21 heavy (non-hydrogen) atoms. The number of rotatable bonds is 4. The van der Waals surface area contributed by atoms with E-state index in [1.54, 1.807) is 15.9 Å². The largest absolute Gasteiger partial charge is 0.351 e. The Balaban J connectivity index is 1.50. The molecule has 6 nitrogen and oxygen atoms in total. The molecule has 3 heterocycles. The molecule has 0 spiro atoms. The molecule has 1 unspecified atom stereocenters. The highest BCUT2D eigenvalue weighted by molar-refractivity contribution is 7.09. The van der Waals surface area contributed by atoms with Crippen LogP contribution in [-0.2, 0) is 24.3 Å². The van der Waals surface area contributed by atoms with E-state index in [1.807, 2.05) is 17.5 Å². The van der Waals surface area contributed by atoms with Crippen molar-refractivity contribution in [2.45, 2.75) is 38.8 Å². The molecule has 0 bridgehead atoms. The van der Waals surface area contributed by atoms with E-state index in [-0.39, 0.29) is 11.6 Å². The fraction of sp³-hybridized carbons (Fsp3) is 0.500. The lowest BCUT2D eigenvalue weighted by Crippen LogP contribution is -2.25. The molecule has 2 aromatic heterocycles. The van der Waals surface area contributed by atoms with Crippen LogP contribution in [0.5, 0.6) is 0 Å². The monoisotopic (exact) mass is 306 g/mol. The zero-order valence-corrected chi connectivity index (χ0v) is 12.5. The van der Waals surface area contributed by atoms with Crippen molar-refractivity contribution in [1.82, 2.24) is 20.1 Å². The predicted molar refractivity (Wildman–Crippen MR) is 80.1 cm³/mol. The SMILES string of the molecule is O=C(CC1CCc2n[nH]c(=O)n2CC1)NCc1cccs1. The summed E-state index contributed by atoms with van der Waals surface area (Å²) in [6.45, 7) is 1.25. The molecular weight excluding hydrogens is 288 g/mol. The quantitative estimate of drug-likeness (QED) is 0.893. The first kappa shape index (κ1) is 14.1. The highest BCUT2D eigenvalue weighted by Gasteiger charge is 2.20. The van der Waals surface area contributed by atoms with Gasteiger partial charge in [0.1, 0.15) is 5.82 Å². The summed E-state index contributed by atoms with van der Waals surface area (Å²) in [5, 5.41) is 11.5. The van der Waals surface area contributed by atoms with E-state index in [2.05, 4.69) is 15.5 Å². The van der Waals surface area contributed by atoms with Crippen LogP contribution in [0.25, 0.3) is 0 Å². The van der Waals surface area contributed by atoms with Crippen molar-refractivity contribution < 1.29 is 4.79 Å². The highest BCUT2D eigenvalue weighted by Crippen LogP contribution is 2.20. The molecule has 112 valence electrons. The number of aromatic amines is 1. The maximum atomic E-state index is 12.0. The predicted octanol–water partition coefficient (Wildman–Crippen LogP) is 1.29. The van der Waals surface area contributed by atoms with Crippen LogP contribution in [0.15, 0.2) is 22.3 Å². The van der Waals surface area contributed by atoms with E-state index in [0.29, 0.717) is 25.4 Å². The zero-order chi connectivity index (χ0) is 14.7. The number of H-pyrrole nitrogens is 1. The Hall–Kier alpha value is -1.89. The van der Waals surface area contributed by atoms with Crippen LogP contribution in [0.2, 0.25) is 0 Å². The lowest BCUT2D eigenvalue weighted by atomic mass is 9.96. The van der Waals surface area contributed by atoms with Gasteiger partial charge in [-0.2, -0.15) is 5.10 Å². The van der Waals surface area contributed by atoms with Gasteiger partial charge in [-0.15, -0.1) is 11.3 Å². The van der Waals surface area contributed by atoms with Gasteiger partial charge in [-0.1, -0.05) is 6.07 Å². The maximum Gasteiger partial charge on any atom is 0.343 e. The standard InChI is InChI=1S/C14H18N4O2S/c19-13(15-9-11-2-1-7-21-11)8-10-3-4-12-16-17-14(20)18(12)6-5-10/h1-2,7,10H,3-6,8-9H2,(H,15,19)(H,17,20). The maximum absolute atomic E-state index is 12.0. The van der Waals surface area contributed by atoms with Crippen LogP contribution in [0, 0.1) is 5.92 Å². The van der Waals surface area contributed by atoms with Gasteiger partial charge in [-0.05, 0) is 30.2 Å². The molecule has 3 rings (SSSR count). The van der Waals surface area contributed by atoms with E-state index in [9.17, 15) is 9.59 Å². The Bertz CT molecular complexity index is 659. The molecule has 0 aliphatic carbocycles. The minimum atomic E-state index is -0.146. The van der Waals surface area contributed by atoms with Crippen LogP contribution in [0.3, 0.4) is 0 Å². The molecule has 2 N–H and O–H groups in total. The number of nitrogens with one attached hydrogen (secondary N) is 2. The van der Waals surface area contributed by atoms with Gasteiger partial charge in [0, 0.05) is 24.3 Å². The summed E-state index contributed by atoms with van der Waals surface area (Å²) in [5.74, 6) is 1.21. The van der Waals surface area contributed by atoms with E-state index >= 15 is 0 Å². The van der Waals surface area contributed by atoms with E-state index in [4.69, 9.17) is 0 Å². The minimum Gasteiger partial charge on any atom is -0.351 e. The Kier molecular flexibility index (Phi) is 4.19. The van der Waals surface area contributed by atoms with E-state index < -0.39 is 0 Å². The summed E-state index contributed by atoms with van der Waals surface area (Å²) in [7, 11) is 0. The van der Waals surface area contributed by atoms with Gasteiger partial charge in [0.2, 0.25) is 5.91 Å². The van der Waals surface area contributed by atoms with Crippen molar-refractivity contribution >= 4 is 17.2 Å². The molecule has 1 amide bonds. The van der Waals surface area contributed by atoms with Crippen LogP contribution in [-0.4, -0.2) is 20.7 Å². The lowest BCUT2D eigenvalue weighted by molar-refractivity contribution is -0.122. The summed E-state index contributed by atoms with van der Waals surface area (Å²) < 4.78 is 1.68. The van der Waals surface area contributed by atoms with Crippen LogP contribution in [0.4, 0.5) is 0 Å². The van der Waals surface area contributed by atoms with E-state index in [1.165, 1.54) is 0 Å². The number of amides is 1. The fourth-order valence-electron chi connectivity index (χ4n) is 2.70. The van der Waals surface area contributed by atoms with Crippen molar-refractivity contribution in [3.63, 3.8) is 0 Å². The van der Waals surface area contributed by atoms with Crippen molar-refractivity contribution in [2.24, 2.45) is 5.92 Å². The molecule has 1 aliphatic heterocycles. The highest BCUT2D eigenvalue weighted by atomic mass is 32.1. The first-order valence-electron chi connectivity index (χ1n) is 7.15. The Morgan fingerprint density at radius 2 is 2.43 bits per heavy atom. The number of hydrogen-bond donors (Lipinski definition) is 2. The first-order chi connectivity index (χ1) is 10.2. The second-order valence-corrected chi connectivity index (χ2v) is 6.38. The van der Waals surface area contributed by atoms with Crippen molar-refractivity contribution in [1.29, 1.82) is 0 Å². The fourth-order valence-corrected chi connectivity index (χ4v) is 3.34. The second kappa shape index (κ2) is 6.26. The third kappa shape index (κ3) is 3.41. The van der Waals surface area contributed by atoms with Crippen LogP contribution >= 0.6 is 11.3 Å². The molecule has 1 atom stereocenters. The molecular formula is C14H18N4O2S. The van der Waals surface area contributed by atoms with Gasteiger partial charge >= 0.3 is 5.69 Å². The van der Waals surface area contributed by atoms with Crippen LogP contribution < -0.4 is 11.0 Å². The molecule has 7 heteroatoms. The third-order valence-electron chi connectivity index (χ3n) is 3.89. The number of hydrogen-bond acceptors (Lipinski definition) is 4. The zero-order valence-electron chi connectivity index (χ0n) is 11.7. The number of aromatic nitrogens is 3. The number of fused-ring (bicyclic) bond motifs is 1. The van der Waals surface area contributed by atoms with Gasteiger partial charge in [-0.25, -0.2) is 9.89 Å². The van der Waals surface area contributed by atoms with Gasteiger partial charge in [0.25, 0.3) is 0 Å². The van der Waals surface area contributed by atoms with Crippen molar-refractivity contribution in [2.75, 3.05) is 0 Å². The number of nitrogens with zero attached hydrogens (tertiary/aromatic N) is 2. The average molecular weight is 306 g/mol. The van der Waals surface area contributed by atoms with E-state index in [0.717, 1.165) is 30.0 Å². The number of carbonyl (C=O) groups excluding carboxylic acids is 1. The molecule has 0 aromatic carbocycles. The molecule has 0 radical (unpaired) electrons. The normalized spacial score (nSPS) is 18.0. The van der Waals surface area contributed by atoms with Crippen molar-refractivity contribution in [3.05, 3.63) is 38.7 Å². The topological polar surface area (TPSA) is 79.8 Å². The van der Waals surface area contributed by atoms with Gasteiger partial charge in [0.15, 0.2) is 0 Å². The summed E-state index contributed by atoms with van der Waals surface area (Å²) in [4.78, 5) is 24.7. The Morgan fingerprint density at radius 1 is 1.52 bits per heavy atom. The minimum absolute atomic E-state index is 0.0850. The number of carbonyl (C=O) groups is 1. The van der Waals surface area contributed by atoms with Gasteiger partial charge < -0.3 is 5.32 Å². The van der Waals surface area contributed by atoms with Gasteiger partial charge in [0.05, 0.1) is 6.54 Å². The molecule has 0 saturated carbocycles. The van der Waals surface area contributed by atoms with Gasteiger partial charge in [-0.3, -0.25) is 9.36 Å². The Labute approximate surface area is 126 Å². The van der Waals surface area contributed by atoms with Crippen molar-refractivity contribution in [3.8, 4) is 0 Å². The Morgan fingerprint density at radius 3 is 3.24 bits per heavy atom. The molecule has 0 fully saturated rings.